The van der Waals surface area contributed by atoms with Crippen molar-refractivity contribution < 1.29 is 22.7 Å². The van der Waals surface area contributed by atoms with Gasteiger partial charge in [0.25, 0.3) is 0 Å². The van der Waals surface area contributed by atoms with Gasteiger partial charge in [0.15, 0.2) is 11.5 Å². The van der Waals surface area contributed by atoms with E-state index in [1.807, 2.05) is 66.7 Å². The molecule has 1 amide bonds. The molecular weight excluding hydrogens is 440 g/mol. The van der Waals surface area contributed by atoms with E-state index in [-0.39, 0.29) is 19.2 Å². The fourth-order valence-corrected chi connectivity index (χ4v) is 4.45. The van der Waals surface area contributed by atoms with Crippen molar-refractivity contribution >= 4 is 21.6 Å². The van der Waals surface area contributed by atoms with Gasteiger partial charge in [0.2, 0.25) is 22.7 Å². The summed E-state index contributed by atoms with van der Waals surface area (Å²) in [6.07, 6.45) is 2.72. The van der Waals surface area contributed by atoms with Crippen LogP contribution in [-0.2, 0) is 26.8 Å². The fourth-order valence-electron chi connectivity index (χ4n) is 4.02. The largest absolute Gasteiger partial charge is 0.454 e. The second-order valence-electron chi connectivity index (χ2n) is 8.48. The molecule has 5 rings (SSSR count). The highest BCUT2D eigenvalue weighted by molar-refractivity contribution is 7.88. The van der Waals surface area contributed by atoms with Crippen molar-refractivity contribution in [1.29, 1.82) is 0 Å². The quantitative estimate of drug-likeness (QED) is 0.555. The number of amides is 1. The van der Waals surface area contributed by atoms with Crippen LogP contribution in [0.5, 0.6) is 11.5 Å². The lowest BCUT2D eigenvalue weighted by Crippen LogP contribution is -2.27. The number of sulfonamides is 1. The molecule has 0 aromatic heterocycles. The van der Waals surface area contributed by atoms with Crippen LogP contribution in [0.2, 0.25) is 0 Å². The number of rotatable bonds is 7. The van der Waals surface area contributed by atoms with E-state index in [2.05, 4.69) is 10.0 Å². The van der Waals surface area contributed by atoms with Crippen LogP contribution in [0.3, 0.4) is 0 Å². The summed E-state index contributed by atoms with van der Waals surface area (Å²) in [6, 6.07) is 21.1. The van der Waals surface area contributed by atoms with E-state index < -0.39 is 15.4 Å². The predicted octanol–water partition coefficient (Wildman–Crippen LogP) is 3.80. The summed E-state index contributed by atoms with van der Waals surface area (Å²) in [5, 5.41) is 3.08. The first-order chi connectivity index (χ1) is 15.8. The van der Waals surface area contributed by atoms with Gasteiger partial charge in [-0.2, -0.15) is 0 Å². The lowest BCUT2D eigenvalue weighted by Gasteiger charge is -2.17. The van der Waals surface area contributed by atoms with E-state index in [0.717, 1.165) is 47.0 Å². The molecule has 3 aromatic carbocycles. The number of ether oxygens (including phenoxy) is 2. The first-order valence-corrected chi connectivity index (χ1v) is 12.6. The van der Waals surface area contributed by atoms with Crippen molar-refractivity contribution in [1.82, 2.24) is 4.72 Å². The highest BCUT2D eigenvalue weighted by Gasteiger charge is 2.51. The molecule has 1 aliphatic carbocycles. The van der Waals surface area contributed by atoms with Crippen molar-refractivity contribution in [2.24, 2.45) is 0 Å². The molecule has 0 saturated heterocycles. The van der Waals surface area contributed by atoms with Crippen LogP contribution in [0, 0.1) is 0 Å². The number of carbonyl (C=O) groups excluding carboxylic acids is 1. The highest BCUT2D eigenvalue weighted by Crippen LogP contribution is 2.51. The zero-order valence-electron chi connectivity index (χ0n) is 18.1. The fraction of sp³-hybridized carbons (Fsp3) is 0.240. The molecule has 1 fully saturated rings. The van der Waals surface area contributed by atoms with E-state index in [0.29, 0.717) is 11.5 Å². The lowest BCUT2D eigenvalue weighted by molar-refractivity contribution is -0.118. The van der Waals surface area contributed by atoms with Crippen LogP contribution in [0.1, 0.15) is 24.0 Å². The monoisotopic (exact) mass is 464 g/mol. The van der Waals surface area contributed by atoms with Crippen molar-refractivity contribution in [3.05, 3.63) is 77.9 Å². The van der Waals surface area contributed by atoms with Gasteiger partial charge in [-0.15, -0.1) is 0 Å². The Kier molecular flexibility index (Phi) is 5.34. The summed E-state index contributed by atoms with van der Waals surface area (Å²) in [5.74, 6) is 1.37. The maximum atomic E-state index is 13.2. The smallest absolute Gasteiger partial charge is 0.235 e. The van der Waals surface area contributed by atoms with Gasteiger partial charge in [0, 0.05) is 12.2 Å². The Balaban J connectivity index is 1.30. The Morgan fingerprint density at radius 3 is 2.42 bits per heavy atom. The molecule has 0 unspecified atom stereocenters. The zero-order valence-corrected chi connectivity index (χ0v) is 18.9. The number of benzene rings is 3. The molecule has 2 N–H and O–H groups in total. The molecule has 170 valence electrons. The minimum Gasteiger partial charge on any atom is -0.454 e. The van der Waals surface area contributed by atoms with Gasteiger partial charge < -0.3 is 14.8 Å². The van der Waals surface area contributed by atoms with Gasteiger partial charge >= 0.3 is 0 Å². The molecule has 2 aliphatic rings. The third-order valence-corrected chi connectivity index (χ3v) is 6.72. The van der Waals surface area contributed by atoms with E-state index in [4.69, 9.17) is 9.47 Å². The summed E-state index contributed by atoms with van der Waals surface area (Å²) in [5.41, 5.74) is 3.94. The molecule has 8 heteroatoms. The van der Waals surface area contributed by atoms with Crippen LogP contribution in [0.15, 0.2) is 66.7 Å². The predicted molar refractivity (Wildman–Crippen MR) is 126 cm³/mol. The van der Waals surface area contributed by atoms with Crippen LogP contribution in [0.4, 0.5) is 5.69 Å². The van der Waals surface area contributed by atoms with E-state index in [1.165, 1.54) is 0 Å². The molecule has 0 atom stereocenters. The second-order valence-corrected chi connectivity index (χ2v) is 10.3. The standard InChI is InChI=1S/C25H24N2O5S/c1-33(29,30)26-15-17-5-7-18(8-6-17)19-3-2-4-21(13-19)27-24(28)25(11-12-25)20-9-10-22-23(14-20)32-16-31-22/h2-10,13-14,26H,11-12,15-16H2,1H3,(H,27,28). The number of fused-ring (bicyclic) bond motifs is 1. The summed E-state index contributed by atoms with van der Waals surface area (Å²) in [7, 11) is -3.24. The molecule has 7 nitrogen and oxygen atoms in total. The molecule has 0 radical (unpaired) electrons. The van der Waals surface area contributed by atoms with Gasteiger partial charge in [-0.25, -0.2) is 13.1 Å². The van der Waals surface area contributed by atoms with Crippen molar-refractivity contribution in [2.45, 2.75) is 24.8 Å². The highest BCUT2D eigenvalue weighted by atomic mass is 32.2. The number of nitrogens with one attached hydrogen (secondary N) is 2. The molecule has 1 saturated carbocycles. The molecular formula is C25H24N2O5S. The van der Waals surface area contributed by atoms with E-state index >= 15 is 0 Å². The molecule has 1 heterocycles. The average Bonchev–Trinajstić information content (AvgIpc) is 3.49. The molecule has 0 spiro atoms. The average molecular weight is 465 g/mol. The molecule has 1 aliphatic heterocycles. The SMILES string of the molecule is CS(=O)(=O)NCc1ccc(-c2cccc(NC(=O)C3(c4ccc5c(c4)OCO5)CC3)c2)cc1. The Morgan fingerprint density at radius 2 is 1.70 bits per heavy atom. The van der Waals surface area contributed by atoms with Gasteiger partial charge in [-0.05, 0) is 59.4 Å². The van der Waals surface area contributed by atoms with E-state index in [9.17, 15) is 13.2 Å². The first-order valence-electron chi connectivity index (χ1n) is 10.7. The number of hydrogen-bond acceptors (Lipinski definition) is 5. The van der Waals surface area contributed by atoms with Gasteiger partial charge in [-0.3, -0.25) is 4.79 Å². The third-order valence-electron chi connectivity index (χ3n) is 6.06. The number of carbonyl (C=O) groups is 1. The number of anilines is 1. The van der Waals surface area contributed by atoms with Gasteiger partial charge in [0.05, 0.1) is 11.7 Å². The van der Waals surface area contributed by atoms with Crippen molar-refractivity contribution in [3.8, 4) is 22.6 Å². The lowest BCUT2D eigenvalue weighted by atomic mass is 9.94. The summed E-state index contributed by atoms with van der Waals surface area (Å²) in [6.45, 7) is 0.455. The zero-order chi connectivity index (χ0) is 23.1. The van der Waals surface area contributed by atoms with Crippen LogP contribution >= 0.6 is 0 Å². The maximum absolute atomic E-state index is 13.2. The van der Waals surface area contributed by atoms with Crippen LogP contribution in [-0.4, -0.2) is 27.4 Å². The Hall–Kier alpha value is -3.36. The minimum absolute atomic E-state index is 0.0271. The van der Waals surface area contributed by atoms with Crippen LogP contribution in [0.25, 0.3) is 11.1 Å². The van der Waals surface area contributed by atoms with E-state index in [1.54, 1.807) is 0 Å². The van der Waals surface area contributed by atoms with Crippen molar-refractivity contribution in [3.63, 3.8) is 0 Å². The van der Waals surface area contributed by atoms with Crippen LogP contribution < -0.4 is 19.5 Å². The van der Waals surface area contributed by atoms with Crippen molar-refractivity contribution in [2.75, 3.05) is 18.4 Å². The summed E-state index contributed by atoms with van der Waals surface area (Å²) in [4.78, 5) is 13.2. The van der Waals surface area contributed by atoms with Gasteiger partial charge in [-0.1, -0.05) is 42.5 Å². The summed E-state index contributed by atoms with van der Waals surface area (Å²) < 4.78 is 35.9. The first kappa shape index (κ1) is 21.5. The normalized spacial score (nSPS) is 15.8. The Morgan fingerprint density at radius 1 is 0.939 bits per heavy atom. The third kappa shape index (κ3) is 4.58. The second kappa shape index (κ2) is 8.20. The minimum atomic E-state index is -3.24. The molecule has 3 aromatic rings. The Bertz CT molecular complexity index is 1310. The Labute approximate surface area is 192 Å². The number of hydrogen-bond donors (Lipinski definition) is 2. The van der Waals surface area contributed by atoms with Gasteiger partial charge in [0.1, 0.15) is 0 Å². The molecule has 0 bridgehead atoms. The molecule has 33 heavy (non-hydrogen) atoms. The topological polar surface area (TPSA) is 93.7 Å². The maximum Gasteiger partial charge on any atom is 0.235 e. The summed E-state index contributed by atoms with van der Waals surface area (Å²) >= 11 is 0.